The van der Waals surface area contributed by atoms with Gasteiger partial charge in [0, 0.05) is 38.6 Å². The lowest BCUT2D eigenvalue weighted by Gasteiger charge is -2.42. The van der Waals surface area contributed by atoms with Gasteiger partial charge in [0.25, 0.3) is 0 Å². The molecule has 0 atom stereocenters. The summed E-state index contributed by atoms with van der Waals surface area (Å²) in [6, 6.07) is 8.33. The average molecular weight is 341 g/mol. The van der Waals surface area contributed by atoms with Gasteiger partial charge in [0.1, 0.15) is 0 Å². The summed E-state index contributed by atoms with van der Waals surface area (Å²) in [6.07, 6.45) is 2.32. The van der Waals surface area contributed by atoms with Crippen molar-refractivity contribution in [2.75, 3.05) is 19.6 Å². The summed E-state index contributed by atoms with van der Waals surface area (Å²) in [5, 5.41) is 16.3. The van der Waals surface area contributed by atoms with Crippen LogP contribution in [0, 0.1) is 5.92 Å². The molecule has 1 N–H and O–H groups in total. The van der Waals surface area contributed by atoms with Crippen LogP contribution in [0.4, 0.5) is 4.79 Å². The Bertz CT molecular complexity index is 812. The zero-order valence-electron chi connectivity index (χ0n) is 13.7. The molecular formula is C17H19N5O3. The van der Waals surface area contributed by atoms with Crippen molar-refractivity contribution in [2.24, 2.45) is 5.92 Å². The monoisotopic (exact) mass is 341 g/mol. The SMILES string of the molecule is O=C(O)c1cn(CC2CN(C(=O)N3CCc4ccccc4C3)C2)nn1. The molecule has 130 valence electrons. The zero-order chi connectivity index (χ0) is 17.4. The number of benzene rings is 1. The number of hydrogen-bond acceptors (Lipinski definition) is 4. The third-order valence-electron chi connectivity index (χ3n) is 4.83. The lowest BCUT2D eigenvalue weighted by molar-refractivity contribution is 0.0690. The molecule has 0 unspecified atom stereocenters. The van der Waals surface area contributed by atoms with E-state index in [0.29, 0.717) is 26.2 Å². The molecule has 3 heterocycles. The second kappa shape index (κ2) is 6.19. The highest BCUT2D eigenvalue weighted by atomic mass is 16.4. The summed E-state index contributed by atoms with van der Waals surface area (Å²) >= 11 is 0. The molecule has 8 nitrogen and oxygen atoms in total. The maximum Gasteiger partial charge on any atom is 0.358 e. The van der Waals surface area contributed by atoms with E-state index >= 15 is 0 Å². The molecule has 0 aliphatic carbocycles. The number of rotatable bonds is 3. The highest BCUT2D eigenvalue weighted by Crippen LogP contribution is 2.23. The predicted octanol–water partition coefficient (Wildman–Crippen LogP) is 1.09. The van der Waals surface area contributed by atoms with E-state index in [1.807, 2.05) is 21.9 Å². The maximum absolute atomic E-state index is 12.6. The van der Waals surface area contributed by atoms with Crippen molar-refractivity contribution in [2.45, 2.75) is 19.5 Å². The Kier molecular flexibility index (Phi) is 3.87. The van der Waals surface area contributed by atoms with Gasteiger partial charge in [0.05, 0.1) is 6.20 Å². The van der Waals surface area contributed by atoms with Crippen LogP contribution in [0.3, 0.4) is 0 Å². The molecular weight excluding hydrogens is 322 g/mol. The molecule has 2 aliphatic heterocycles. The largest absolute Gasteiger partial charge is 0.476 e. The van der Waals surface area contributed by atoms with Crippen LogP contribution in [0.5, 0.6) is 0 Å². The average Bonchev–Trinajstić information content (AvgIpc) is 3.06. The fourth-order valence-electron chi connectivity index (χ4n) is 3.45. The Hall–Kier alpha value is -2.90. The first-order valence-corrected chi connectivity index (χ1v) is 8.34. The smallest absolute Gasteiger partial charge is 0.358 e. The van der Waals surface area contributed by atoms with E-state index < -0.39 is 5.97 Å². The van der Waals surface area contributed by atoms with Crippen molar-refractivity contribution in [1.82, 2.24) is 24.8 Å². The first kappa shape index (κ1) is 15.6. The van der Waals surface area contributed by atoms with Gasteiger partial charge in [-0.25, -0.2) is 9.59 Å². The van der Waals surface area contributed by atoms with Crippen molar-refractivity contribution in [3.8, 4) is 0 Å². The van der Waals surface area contributed by atoms with Gasteiger partial charge < -0.3 is 14.9 Å². The fraction of sp³-hybridized carbons (Fsp3) is 0.412. The third kappa shape index (κ3) is 3.07. The molecule has 0 saturated carbocycles. The van der Waals surface area contributed by atoms with Crippen LogP contribution in [-0.4, -0.2) is 61.5 Å². The number of carbonyl (C=O) groups excluding carboxylic acids is 1. The molecule has 1 aromatic heterocycles. The van der Waals surface area contributed by atoms with Crippen molar-refractivity contribution in [1.29, 1.82) is 0 Å². The third-order valence-corrected chi connectivity index (χ3v) is 4.83. The van der Waals surface area contributed by atoms with Crippen molar-refractivity contribution in [3.63, 3.8) is 0 Å². The van der Waals surface area contributed by atoms with Crippen LogP contribution in [0.2, 0.25) is 0 Å². The van der Waals surface area contributed by atoms with Crippen LogP contribution in [-0.2, 0) is 19.5 Å². The van der Waals surface area contributed by atoms with Gasteiger partial charge in [-0.1, -0.05) is 29.5 Å². The van der Waals surface area contributed by atoms with Crippen molar-refractivity contribution >= 4 is 12.0 Å². The summed E-state index contributed by atoms with van der Waals surface area (Å²) in [5.74, 6) is -0.800. The van der Waals surface area contributed by atoms with E-state index in [0.717, 1.165) is 13.0 Å². The number of urea groups is 1. The minimum atomic E-state index is -1.08. The van der Waals surface area contributed by atoms with E-state index in [1.165, 1.54) is 22.0 Å². The second-order valence-corrected chi connectivity index (χ2v) is 6.62. The maximum atomic E-state index is 12.6. The standard InChI is InChI=1S/C17H19N5O3/c23-16(24)15-11-22(19-18-15)9-12-7-21(8-12)17(25)20-6-5-13-3-1-2-4-14(13)10-20/h1-4,11-12H,5-10H2,(H,23,24). The van der Waals surface area contributed by atoms with Crippen LogP contribution >= 0.6 is 0 Å². The Morgan fingerprint density at radius 3 is 2.64 bits per heavy atom. The number of carboxylic acid groups (broad SMARTS) is 1. The number of nitrogens with zero attached hydrogens (tertiary/aromatic N) is 5. The predicted molar refractivity (Wildman–Crippen MR) is 88.0 cm³/mol. The van der Waals surface area contributed by atoms with Crippen LogP contribution in [0.15, 0.2) is 30.5 Å². The Balaban J connectivity index is 1.30. The van der Waals surface area contributed by atoms with Gasteiger partial charge in [0.2, 0.25) is 0 Å². The number of carbonyl (C=O) groups is 2. The van der Waals surface area contributed by atoms with Gasteiger partial charge in [-0.2, -0.15) is 0 Å². The molecule has 25 heavy (non-hydrogen) atoms. The number of amides is 2. The van der Waals surface area contributed by atoms with E-state index in [9.17, 15) is 9.59 Å². The zero-order valence-corrected chi connectivity index (χ0v) is 13.7. The van der Waals surface area contributed by atoms with Gasteiger partial charge in [-0.3, -0.25) is 4.68 Å². The Morgan fingerprint density at radius 2 is 1.92 bits per heavy atom. The van der Waals surface area contributed by atoms with Gasteiger partial charge in [-0.15, -0.1) is 5.10 Å². The number of likely N-dealkylation sites (tertiary alicyclic amines) is 1. The van der Waals surface area contributed by atoms with Crippen molar-refractivity contribution in [3.05, 3.63) is 47.3 Å². The molecule has 2 amide bonds. The van der Waals surface area contributed by atoms with Gasteiger partial charge >= 0.3 is 12.0 Å². The Labute approximate surface area is 144 Å². The number of hydrogen-bond donors (Lipinski definition) is 1. The van der Waals surface area contributed by atoms with E-state index in [-0.39, 0.29) is 17.6 Å². The molecule has 8 heteroatoms. The molecule has 1 saturated heterocycles. The molecule has 2 aromatic rings. The van der Waals surface area contributed by atoms with Crippen molar-refractivity contribution < 1.29 is 14.7 Å². The second-order valence-electron chi connectivity index (χ2n) is 6.62. The molecule has 0 spiro atoms. The van der Waals surface area contributed by atoms with Crippen LogP contribution in [0.1, 0.15) is 21.6 Å². The first-order valence-electron chi connectivity index (χ1n) is 8.34. The number of fused-ring (bicyclic) bond motifs is 1. The lowest BCUT2D eigenvalue weighted by atomic mass is 9.98. The van der Waals surface area contributed by atoms with E-state index in [1.54, 1.807) is 0 Å². The normalized spacial score (nSPS) is 17.1. The number of aromatic nitrogens is 3. The summed E-state index contributed by atoms with van der Waals surface area (Å²) < 4.78 is 1.53. The number of carboxylic acids is 1. The number of aromatic carboxylic acids is 1. The minimum Gasteiger partial charge on any atom is -0.476 e. The molecule has 2 aliphatic rings. The lowest BCUT2D eigenvalue weighted by Crippen LogP contribution is -2.56. The minimum absolute atomic E-state index is 0.0563. The fourth-order valence-corrected chi connectivity index (χ4v) is 3.45. The van der Waals surface area contributed by atoms with Gasteiger partial charge in [-0.05, 0) is 17.5 Å². The van der Waals surface area contributed by atoms with Crippen LogP contribution < -0.4 is 0 Å². The van der Waals surface area contributed by atoms with E-state index in [2.05, 4.69) is 22.4 Å². The highest BCUT2D eigenvalue weighted by molar-refractivity contribution is 5.84. The molecule has 0 bridgehead atoms. The quantitative estimate of drug-likeness (QED) is 0.902. The summed E-state index contributed by atoms with van der Waals surface area (Å²) in [6.45, 7) is 3.33. The first-order chi connectivity index (χ1) is 12.1. The molecule has 0 radical (unpaired) electrons. The summed E-state index contributed by atoms with van der Waals surface area (Å²) in [4.78, 5) is 27.2. The molecule has 1 aromatic carbocycles. The Morgan fingerprint density at radius 1 is 1.16 bits per heavy atom. The van der Waals surface area contributed by atoms with Gasteiger partial charge in [0.15, 0.2) is 5.69 Å². The summed E-state index contributed by atoms with van der Waals surface area (Å²) in [5.41, 5.74) is 2.50. The van der Waals surface area contributed by atoms with E-state index in [4.69, 9.17) is 5.11 Å². The van der Waals surface area contributed by atoms with Crippen LogP contribution in [0.25, 0.3) is 0 Å². The topological polar surface area (TPSA) is 91.6 Å². The molecule has 4 rings (SSSR count). The summed E-state index contributed by atoms with van der Waals surface area (Å²) in [7, 11) is 0. The molecule has 1 fully saturated rings. The highest BCUT2D eigenvalue weighted by Gasteiger charge is 2.34.